The normalized spacial score (nSPS) is 14.0. The first-order valence-electron chi connectivity index (χ1n) is 16.3. The van der Waals surface area contributed by atoms with Gasteiger partial charge >= 0.3 is 0 Å². The van der Waals surface area contributed by atoms with E-state index >= 15 is 0 Å². The third-order valence-corrected chi connectivity index (χ3v) is 9.91. The first-order chi connectivity index (χ1) is 23.2. The van der Waals surface area contributed by atoms with Gasteiger partial charge in [-0.3, -0.25) is 0 Å². The van der Waals surface area contributed by atoms with Gasteiger partial charge in [-0.25, -0.2) is 0 Å². The van der Waals surface area contributed by atoms with E-state index in [4.69, 9.17) is 4.74 Å². The molecule has 47 heavy (non-hydrogen) atoms. The Hall–Kier alpha value is -6.06. The molecule has 0 radical (unpaired) electrons. The molecule has 0 fully saturated rings. The monoisotopic (exact) mass is 602 g/mol. The predicted octanol–water partition coefficient (Wildman–Crippen LogP) is 11.7. The van der Waals surface area contributed by atoms with Gasteiger partial charge < -0.3 is 13.9 Å². The fourth-order valence-corrected chi connectivity index (χ4v) is 7.76. The van der Waals surface area contributed by atoms with Crippen LogP contribution in [0.5, 0.6) is 5.75 Å². The van der Waals surface area contributed by atoms with Crippen LogP contribution in [0.25, 0.3) is 77.2 Å². The minimum atomic E-state index is 0.0327. The molecule has 3 heterocycles. The number of benzene rings is 7. The third kappa shape index (κ3) is 3.87. The van der Waals surface area contributed by atoms with Crippen LogP contribution < -0.4 is 4.74 Å². The average Bonchev–Trinajstić information content (AvgIpc) is 3.64. The molecule has 0 spiro atoms. The average molecular weight is 603 g/mol. The number of rotatable bonds is 3. The van der Waals surface area contributed by atoms with Crippen LogP contribution >= 0.6 is 0 Å². The van der Waals surface area contributed by atoms with Gasteiger partial charge in [-0.05, 0) is 90.3 Å². The summed E-state index contributed by atoms with van der Waals surface area (Å²) in [7, 11) is 0. The van der Waals surface area contributed by atoms with Crippen molar-refractivity contribution in [3.05, 3.63) is 163 Å². The molecular formula is C44H30N2O. The van der Waals surface area contributed by atoms with Crippen LogP contribution in [0.3, 0.4) is 0 Å². The van der Waals surface area contributed by atoms with Crippen LogP contribution in [0.2, 0.25) is 0 Å². The zero-order valence-corrected chi connectivity index (χ0v) is 25.9. The van der Waals surface area contributed by atoms with E-state index in [2.05, 4.69) is 174 Å². The maximum atomic E-state index is 6.34. The third-order valence-electron chi connectivity index (χ3n) is 9.91. The summed E-state index contributed by atoms with van der Waals surface area (Å²) in [5.74, 6) is 0.937. The lowest BCUT2D eigenvalue weighted by Gasteiger charge is -2.27. The van der Waals surface area contributed by atoms with E-state index in [0.29, 0.717) is 0 Å². The van der Waals surface area contributed by atoms with Crippen molar-refractivity contribution in [3.8, 4) is 39.4 Å². The lowest BCUT2D eigenvalue weighted by molar-refractivity contribution is 0.223. The molecule has 0 bridgehead atoms. The summed E-state index contributed by atoms with van der Waals surface area (Å²) in [5.41, 5.74) is 13.2. The van der Waals surface area contributed by atoms with Crippen molar-refractivity contribution in [2.45, 2.75) is 13.0 Å². The molecule has 7 aromatic carbocycles. The highest BCUT2D eigenvalue weighted by molar-refractivity contribution is 6.12. The second kappa shape index (κ2) is 9.97. The highest BCUT2D eigenvalue weighted by atomic mass is 16.5. The molecule has 1 aliphatic rings. The second-order valence-corrected chi connectivity index (χ2v) is 12.5. The van der Waals surface area contributed by atoms with E-state index in [0.717, 1.165) is 17.0 Å². The maximum absolute atomic E-state index is 6.34. The molecule has 0 amide bonds. The molecule has 1 atom stereocenters. The number of fused-ring (bicyclic) bond motifs is 9. The van der Waals surface area contributed by atoms with Crippen LogP contribution in [-0.2, 0) is 0 Å². The van der Waals surface area contributed by atoms with Crippen molar-refractivity contribution in [3.63, 3.8) is 0 Å². The number of aromatic nitrogens is 2. The van der Waals surface area contributed by atoms with E-state index in [9.17, 15) is 0 Å². The summed E-state index contributed by atoms with van der Waals surface area (Å²) in [4.78, 5) is 0. The Kier molecular flexibility index (Phi) is 5.55. The summed E-state index contributed by atoms with van der Waals surface area (Å²) in [5, 5.41) is 5.01. The number of ether oxygens (including phenoxy) is 1. The number of nitrogens with zero attached hydrogens (tertiary/aromatic N) is 2. The molecule has 10 rings (SSSR count). The molecule has 0 aliphatic carbocycles. The molecule has 0 saturated carbocycles. The van der Waals surface area contributed by atoms with Gasteiger partial charge in [0.25, 0.3) is 0 Å². The van der Waals surface area contributed by atoms with Crippen LogP contribution in [0.15, 0.2) is 158 Å². The topological polar surface area (TPSA) is 19.1 Å². The lowest BCUT2D eigenvalue weighted by Crippen LogP contribution is -2.11. The van der Waals surface area contributed by atoms with Crippen molar-refractivity contribution in [1.82, 2.24) is 9.13 Å². The zero-order valence-electron chi connectivity index (χ0n) is 25.9. The molecular weight excluding hydrogens is 572 g/mol. The zero-order chi connectivity index (χ0) is 31.1. The van der Waals surface area contributed by atoms with Gasteiger partial charge in [0.1, 0.15) is 11.9 Å². The fourth-order valence-electron chi connectivity index (χ4n) is 7.76. The standard InChI is InChI=1S/C44H30N2O/c1-28-33-13-5-6-14-34(33)39-27-32(21-24-44(39)47-28)46-41-18-10-8-16-36(41)38-26-30(20-23-43(38)46)29-19-22-42-37(25-29)35-15-7-9-17-40(35)45(42)31-11-3-2-4-12-31/h2-28H,1H3. The molecule has 0 N–H and O–H groups in total. The highest BCUT2D eigenvalue weighted by Gasteiger charge is 2.24. The minimum Gasteiger partial charge on any atom is -0.485 e. The van der Waals surface area contributed by atoms with Crippen LogP contribution in [0.4, 0.5) is 0 Å². The quantitative estimate of drug-likeness (QED) is 0.197. The van der Waals surface area contributed by atoms with Crippen molar-refractivity contribution in [1.29, 1.82) is 0 Å². The molecule has 9 aromatic rings. The molecule has 3 nitrogen and oxygen atoms in total. The van der Waals surface area contributed by atoms with E-state index in [1.807, 2.05) is 0 Å². The Morgan fingerprint density at radius 2 is 0.979 bits per heavy atom. The predicted molar refractivity (Wildman–Crippen MR) is 195 cm³/mol. The molecule has 1 unspecified atom stereocenters. The summed E-state index contributed by atoms with van der Waals surface area (Å²) >= 11 is 0. The van der Waals surface area contributed by atoms with Crippen molar-refractivity contribution in [2.75, 3.05) is 0 Å². The first kappa shape index (κ1) is 26.2. The van der Waals surface area contributed by atoms with Crippen LogP contribution in [0.1, 0.15) is 18.6 Å². The lowest BCUT2D eigenvalue weighted by atomic mass is 9.93. The number of para-hydroxylation sites is 3. The first-order valence-corrected chi connectivity index (χ1v) is 16.3. The molecule has 0 saturated heterocycles. The van der Waals surface area contributed by atoms with E-state index < -0.39 is 0 Å². The molecule has 2 aromatic heterocycles. The Labute approximate surface area is 272 Å². The van der Waals surface area contributed by atoms with Crippen molar-refractivity contribution in [2.24, 2.45) is 0 Å². The largest absolute Gasteiger partial charge is 0.485 e. The fraction of sp³-hybridized carbons (Fsp3) is 0.0455. The Morgan fingerprint density at radius 3 is 1.66 bits per heavy atom. The van der Waals surface area contributed by atoms with Gasteiger partial charge in [-0.15, -0.1) is 0 Å². The Balaban J connectivity index is 1.15. The van der Waals surface area contributed by atoms with Gasteiger partial charge in [0.15, 0.2) is 0 Å². The highest BCUT2D eigenvalue weighted by Crippen LogP contribution is 2.44. The van der Waals surface area contributed by atoms with Gasteiger partial charge in [0.05, 0.1) is 22.1 Å². The summed E-state index contributed by atoms with van der Waals surface area (Å²) < 4.78 is 11.1. The summed E-state index contributed by atoms with van der Waals surface area (Å²) in [6.45, 7) is 2.12. The molecule has 3 heteroatoms. The van der Waals surface area contributed by atoms with Gasteiger partial charge in [0.2, 0.25) is 0 Å². The number of hydrogen-bond donors (Lipinski definition) is 0. The Bertz CT molecular complexity index is 2680. The minimum absolute atomic E-state index is 0.0327. The van der Waals surface area contributed by atoms with Crippen molar-refractivity contribution >= 4 is 43.6 Å². The van der Waals surface area contributed by atoms with Gasteiger partial charge in [-0.1, -0.05) is 91.0 Å². The van der Waals surface area contributed by atoms with E-state index in [-0.39, 0.29) is 6.10 Å². The number of hydrogen-bond acceptors (Lipinski definition) is 1. The summed E-state index contributed by atoms with van der Waals surface area (Å²) in [6, 6.07) is 57.1. The van der Waals surface area contributed by atoms with Gasteiger partial charge in [0, 0.05) is 44.0 Å². The Morgan fingerprint density at radius 1 is 0.426 bits per heavy atom. The maximum Gasteiger partial charge on any atom is 0.128 e. The second-order valence-electron chi connectivity index (χ2n) is 12.5. The van der Waals surface area contributed by atoms with Crippen molar-refractivity contribution < 1.29 is 4.74 Å². The smallest absolute Gasteiger partial charge is 0.128 e. The van der Waals surface area contributed by atoms with E-state index in [1.165, 1.54) is 71.6 Å². The summed E-state index contributed by atoms with van der Waals surface area (Å²) in [6.07, 6.45) is 0.0327. The molecule has 222 valence electrons. The van der Waals surface area contributed by atoms with Gasteiger partial charge in [-0.2, -0.15) is 0 Å². The molecule has 1 aliphatic heterocycles. The SMILES string of the molecule is CC1Oc2ccc(-n3c4ccccc4c4cc(-c5ccc6c(c5)c5ccccc5n6-c5ccccc5)ccc43)cc2-c2ccccc21. The van der Waals surface area contributed by atoms with E-state index in [1.54, 1.807) is 0 Å². The van der Waals surface area contributed by atoms with Crippen LogP contribution in [0, 0.1) is 0 Å². The van der Waals surface area contributed by atoms with Crippen LogP contribution in [-0.4, -0.2) is 9.13 Å².